The van der Waals surface area contributed by atoms with Gasteiger partial charge in [-0.3, -0.25) is 4.99 Å². The Hall–Kier alpha value is -1.80. The first-order chi connectivity index (χ1) is 8.79. The first-order valence-corrected chi connectivity index (χ1v) is 6.18. The summed E-state index contributed by atoms with van der Waals surface area (Å²) in [6.07, 6.45) is 0. The number of halogens is 1. The van der Waals surface area contributed by atoms with E-state index in [0.29, 0.717) is 0 Å². The lowest BCUT2D eigenvalue weighted by Gasteiger charge is -2.09. The van der Waals surface area contributed by atoms with Crippen LogP contribution in [0.2, 0.25) is 5.02 Å². The Balaban J connectivity index is 2.03. The molecule has 0 spiro atoms. The van der Waals surface area contributed by atoms with E-state index in [0.717, 1.165) is 23.0 Å². The third-order valence-electron chi connectivity index (χ3n) is 2.64. The Labute approximate surface area is 112 Å². The summed E-state index contributed by atoms with van der Waals surface area (Å²) in [5, 5.41) is 4.08. The molecule has 0 atom stereocenters. The van der Waals surface area contributed by atoms with E-state index in [9.17, 15) is 0 Å². The lowest BCUT2D eigenvalue weighted by atomic mass is 10.2. The minimum Gasteiger partial charge on any atom is -0.366 e. The Kier molecular flexibility index (Phi) is 4.37. The molecule has 2 aromatic carbocycles. The van der Waals surface area contributed by atoms with Crippen LogP contribution < -0.4 is 5.32 Å². The van der Waals surface area contributed by atoms with Crippen molar-refractivity contribution in [2.45, 2.75) is 6.54 Å². The molecule has 0 radical (unpaired) electrons. The summed E-state index contributed by atoms with van der Waals surface area (Å²) in [4.78, 5) is 4.27. The second-order valence-electron chi connectivity index (χ2n) is 3.92. The van der Waals surface area contributed by atoms with Gasteiger partial charge in [-0.15, -0.1) is 0 Å². The smallest absolute Gasteiger partial charge is 0.128 e. The maximum absolute atomic E-state index is 5.85. The van der Waals surface area contributed by atoms with Gasteiger partial charge in [-0.05, 0) is 17.7 Å². The Morgan fingerprint density at radius 1 is 1.06 bits per heavy atom. The second-order valence-corrected chi connectivity index (χ2v) is 4.35. The first-order valence-electron chi connectivity index (χ1n) is 5.80. The summed E-state index contributed by atoms with van der Waals surface area (Å²) >= 11 is 5.85. The zero-order valence-corrected chi connectivity index (χ0v) is 11.0. The van der Waals surface area contributed by atoms with Crippen LogP contribution in [0.25, 0.3) is 0 Å². The largest absolute Gasteiger partial charge is 0.366 e. The number of nitrogens with zero attached hydrogens (tertiary/aromatic N) is 1. The molecule has 2 rings (SSSR count). The van der Waals surface area contributed by atoms with Crippen molar-refractivity contribution < 1.29 is 0 Å². The SMILES string of the molecule is CN=C(NCc1ccc(Cl)cc1)c1ccccc1. The van der Waals surface area contributed by atoms with Crippen molar-refractivity contribution in [3.05, 3.63) is 70.7 Å². The highest BCUT2D eigenvalue weighted by Gasteiger charge is 2.01. The minimum absolute atomic E-state index is 0.735. The van der Waals surface area contributed by atoms with Crippen molar-refractivity contribution in [3.8, 4) is 0 Å². The number of nitrogens with one attached hydrogen (secondary N) is 1. The fourth-order valence-corrected chi connectivity index (χ4v) is 1.82. The van der Waals surface area contributed by atoms with Crippen molar-refractivity contribution in [2.75, 3.05) is 7.05 Å². The van der Waals surface area contributed by atoms with Gasteiger partial charge in [0, 0.05) is 24.2 Å². The summed E-state index contributed by atoms with van der Waals surface area (Å²) < 4.78 is 0. The molecule has 0 saturated carbocycles. The van der Waals surface area contributed by atoms with Gasteiger partial charge in [-0.2, -0.15) is 0 Å². The molecule has 0 bridgehead atoms. The number of rotatable bonds is 3. The van der Waals surface area contributed by atoms with Crippen molar-refractivity contribution in [3.63, 3.8) is 0 Å². The molecule has 0 aromatic heterocycles. The highest BCUT2D eigenvalue weighted by molar-refractivity contribution is 6.30. The van der Waals surface area contributed by atoms with Gasteiger partial charge in [-0.1, -0.05) is 54.1 Å². The summed E-state index contributed by atoms with van der Waals surface area (Å²) in [5.74, 6) is 0.894. The van der Waals surface area contributed by atoms with Gasteiger partial charge in [-0.25, -0.2) is 0 Å². The van der Waals surface area contributed by atoms with E-state index in [1.165, 1.54) is 5.56 Å². The number of benzene rings is 2. The van der Waals surface area contributed by atoms with Crippen LogP contribution in [-0.4, -0.2) is 12.9 Å². The standard InChI is InChI=1S/C15H15ClN2/c1-17-15(13-5-3-2-4-6-13)18-11-12-7-9-14(16)10-8-12/h2-10H,11H2,1H3,(H,17,18). The van der Waals surface area contributed by atoms with Crippen LogP contribution in [0.1, 0.15) is 11.1 Å². The molecular formula is C15H15ClN2. The lowest BCUT2D eigenvalue weighted by Crippen LogP contribution is -2.23. The summed E-state index contributed by atoms with van der Waals surface area (Å²) in [6.45, 7) is 0.735. The van der Waals surface area contributed by atoms with E-state index in [-0.39, 0.29) is 0 Å². The van der Waals surface area contributed by atoms with Gasteiger partial charge in [0.25, 0.3) is 0 Å². The Morgan fingerprint density at radius 3 is 2.33 bits per heavy atom. The predicted octanol–water partition coefficient (Wildman–Crippen LogP) is 3.51. The van der Waals surface area contributed by atoms with E-state index in [1.54, 1.807) is 7.05 Å². The van der Waals surface area contributed by atoms with E-state index >= 15 is 0 Å². The van der Waals surface area contributed by atoms with Crippen LogP contribution in [0.3, 0.4) is 0 Å². The second kappa shape index (κ2) is 6.22. The highest BCUT2D eigenvalue weighted by atomic mass is 35.5. The quantitative estimate of drug-likeness (QED) is 0.661. The number of aliphatic imine (C=N–C) groups is 1. The normalized spacial score (nSPS) is 11.3. The Bertz CT molecular complexity index is 518. The molecule has 0 saturated heterocycles. The molecular weight excluding hydrogens is 244 g/mol. The molecule has 0 aliphatic carbocycles. The third-order valence-corrected chi connectivity index (χ3v) is 2.90. The number of hydrogen-bond donors (Lipinski definition) is 1. The van der Waals surface area contributed by atoms with Crippen LogP contribution in [0, 0.1) is 0 Å². The maximum Gasteiger partial charge on any atom is 0.128 e. The van der Waals surface area contributed by atoms with Crippen LogP contribution >= 0.6 is 11.6 Å². The molecule has 0 unspecified atom stereocenters. The van der Waals surface area contributed by atoms with E-state index < -0.39 is 0 Å². The van der Waals surface area contributed by atoms with Crippen molar-refractivity contribution in [1.29, 1.82) is 0 Å². The van der Waals surface area contributed by atoms with Crippen molar-refractivity contribution in [1.82, 2.24) is 5.32 Å². The molecule has 0 heterocycles. The topological polar surface area (TPSA) is 24.4 Å². The van der Waals surface area contributed by atoms with Gasteiger partial charge >= 0.3 is 0 Å². The fraction of sp³-hybridized carbons (Fsp3) is 0.133. The number of hydrogen-bond acceptors (Lipinski definition) is 1. The maximum atomic E-state index is 5.85. The van der Waals surface area contributed by atoms with Gasteiger partial charge in [0.1, 0.15) is 5.84 Å². The molecule has 92 valence electrons. The lowest BCUT2D eigenvalue weighted by molar-refractivity contribution is 0.911. The monoisotopic (exact) mass is 258 g/mol. The highest BCUT2D eigenvalue weighted by Crippen LogP contribution is 2.09. The zero-order valence-electron chi connectivity index (χ0n) is 10.2. The van der Waals surface area contributed by atoms with Crippen molar-refractivity contribution >= 4 is 17.4 Å². The van der Waals surface area contributed by atoms with E-state index in [4.69, 9.17) is 11.6 Å². The van der Waals surface area contributed by atoms with Crippen LogP contribution in [-0.2, 0) is 6.54 Å². The zero-order chi connectivity index (χ0) is 12.8. The summed E-state index contributed by atoms with van der Waals surface area (Å²) in [7, 11) is 1.79. The van der Waals surface area contributed by atoms with Crippen LogP contribution in [0.15, 0.2) is 59.6 Å². The fourth-order valence-electron chi connectivity index (χ4n) is 1.69. The minimum atomic E-state index is 0.735. The first kappa shape index (κ1) is 12.7. The van der Waals surface area contributed by atoms with Gasteiger partial charge in [0.2, 0.25) is 0 Å². The Morgan fingerprint density at radius 2 is 1.72 bits per heavy atom. The molecule has 0 aliphatic heterocycles. The average molecular weight is 259 g/mol. The molecule has 0 amide bonds. The average Bonchev–Trinajstić information content (AvgIpc) is 2.43. The van der Waals surface area contributed by atoms with Crippen LogP contribution in [0.5, 0.6) is 0 Å². The van der Waals surface area contributed by atoms with E-state index in [2.05, 4.69) is 10.3 Å². The molecule has 2 nitrogen and oxygen atoms in total. The third kappa shape index (κ3) is 3.34. The molecule has 0 aliphatic rings. The summed E-state index contributed by atoms with van der Waals surface area (Å²) in [5.41, 5.74) is 2.27. The van der Waals surface area contributed by atoms with Crippen molar-refractivity contribution in [2.24, 2.45) is 4.99 Å². The van der Waals surface area contributed by atoms with Crippen LogP contribution in [0.4, 0.5) is 0 Å². The van der Waals surface area contributed by atoms with E-state index in [1.807, 2.05) is 54.6 Å². The molecule has 0 fully saturated rings. The van der Waals surface area contributed by atoms with Gasteiger partial charge in [0.05, 0.1) is 0 Å². The van der Waals surface area contributed by atoms with Gasteiger partial charge < -0.3 is 5.32 Å². The molecule has 1 N–H and O–H groups in total. The molecule has 2 aromatic rings. The summed E-state index contributed by atoms with van der Waals surface area (Å²) in [6, 6.07) is 17.9. The molecule has 3 heteroatoms. The molecule has 18 heavy (non-hydrogen) atoms. The van der Waals surface area contributed by atoms with Gasteiger partial charge in [0.15, 0.2) is 0 Å². The predicted molar refractivity (Wildman–Crippen MR) is 77.2 cm³/mol. The number of amidine groups is 1.